The van der Waals surface area contributed by atoms with Crippen LogP contribution in [0.3, 0.4) is 0 Å². The van der Waals surface area contributed by atoms with Crippen LogP contribution in [0.25, 0.3) is 22.1 Å². The van der Waals surface area contributed by atoms with Crippen molar-refractivity contribution in [2.75, 3.05) is 26.4 Å². The van der Waals surface area contributed by atoms with Crippen LogP contribution < -0.4 is 0 Å². The number of unbranched alkanes of at least 4 members (excludes halogenated alkanes) is 1. The Kier molecular flexibility index (Phi) is 14.3. The number of rotatable bonds is 17. The maximum Gasteiger partial charge on any atom is 0.188 e. The standard InChI is InChI=1S/C25H28ClFN2O2.C22H24F2N2O3/c1-3-4-9-29-15-28-25-22(29)12-19(23(30)14-31-13-17-6-7-17)20(24(25)27)11-18-8-5-16(2)10-21(18)26;1-13-5-6-14(17(23)7-13)8-16-15(19(28)10-29-22(2,3)11-27)9-18-21(20(16)24)25-12-26(18)4/h5,8,10,12,15,17H,3-4,6-7,9,11,13-14H2,1-2H3;5-7,9,12,27H,8,10-11H2,1-4H3. The zero-order valence-corrected chi connectivity index (χ0v) is 35.8. The molecule has 318 valence electrons. The third-order valence-electron chi connectivity index (χ3n) is 10.8. The molecule has 0 saturated heterocycles. The molecule has 1 aliphatic rings. The Morgan fingerprint density at radius 3 is 2.05 bits per heavy atom. The molecule has 0 atom stereocenters. The van der Waals surface area contributed by atoms with Gasteiger partial charge in [-0.05, 0) is 99.4 Å². The van der Waals surface area contributed by atoms with E-state index in [1.54, 1.807) is 63.0 Å². The van der Waals surface area contributed by atoms with Crippen molar-refractivity contribution < 1.29 is 37.3 Å². The highest BCUT2D eigenvalue weighted by Gasteiger charge is 2.27. The quantitative estimate of drug-likeness (QED) is 0.0911. The number of carbonyl (C=O) groups excluding carboxylic acids is 2. The Bertz CT molecular complexity index is 2530. The Hall–Kier alpha value is -4.88. The second-order valence-electron chi connectivity index (χ2n) is 16.4. The lowest BCUT2D eigenvalue weighted by Crippen LogP contribution is -2.31. The molecular formula is C47H52ClF3N4O5. The summed E-state index contributed by atoms with van der Waals surface area (Å²) in [6.07, 6.45) is 7.55. The molecule has 1 fully saturated rings. The number of nitrogens with zero attached hydrogens (tertiary/aromatic N) is 4. The van der Waals surface area contributed by atoms with Crippen LogP contribution >= 0.6 is 11.6 Å². The second kappa shape index (κ2) is 19.2. The molecule has 1 aliphatic carbocycles. The lowest BCUT2D eigenvalue weighted by molar-refractivity contribution is -0.0447. The van der Waals surface area contributed by atoms with E-state index in [1.807, 2.05) is 29.7 Å². The van der Waals surface area contributed by atoms with Gasteiger partial charge in [0.1, 0.15) is 30.1 Å². The van der Waals surface area contributed by atoms with E-state index in [9.17, 15) is 19.1 Å². The summed E-state index contributed by atoms with van der Waals surface area (Å²) in [5.41, 5.74) is 4.36. The Balaban J connectivity index is 0.000000202. The third kappa shape index (κ3) is 10.5. The fraction of sp³-hybridized carbons (Fsp3) is 0.404. The van der Waals surface area contributed by atoms with Gasteiger partial charge in [0.05, 0.1) is 42.5 Å². The summed E-state index contributed by atoms with van der Waals surface area (Å²) in [6, 6.07) is 13.7. The van der Waals surface area contributed by atoms with Crippen molar-refractivity contribution in [1.82, 2.24) is 19.1 Å². The van der Waals surface area contributed by atoms with Crippen molar-refractivity contribution in [3.05, 3.63) is 128 Å². The first-order valence-corrected chi connectivity index (χ1v) is 20.7. The number of carbonyl (C=O) groups is 2. The molecule has 2 aromatic heterocycles. The lowest BCUT2D eigenvalue weighted by atomic mass is 9.95. The highest BCUT2D eigenvalue weighted by atomic mass is 35.5. The number of fused-ring (bicyclic) bond motifs is 2. The van der Waals surface area contributed by atoms with Crippen LogP contribution in [-0.4, -0.2) is 67.8 Å². The number of imidazole rings is 2. The van der Waals surface area contributed by atoms with Crippen LogP contribution in [0.15, 0.2) is 61.2 Å². The Morgan fingerprint density at radius 2 is 1.43 bits per heavy atom. The van der Waals surface area contributed by atoms with Crippen LogP contribution in [0, 0.1) is 37.2 Å². The monoisotopic (exact) mass is 844 g/mol. The predicted molar refractivity (Wildman–Crippen MR) is 228 cm³/mol. The van der Waals surface area contributed by atoms with E-state index in [2.05, 4.69) is 16.9 Å². The molecule has 0 radical (unpaired) electrons. The normalized spacial score (nSPS) is 12.9. The van der Waals surface area contributed by atoms with Gasteiger partial charge in [-0.15, -0.1) is 0 Å². The second-order valence-corrected chi connectivity index (χ2v) is 16.8. The van der Waals surface area contributed by atoms with Crippen molar-refractivity contribution in [2.24, 2.45) is 13.0 Å². The first kappa shape index (κ1) is 44.7. The van der Waals surface area contributed by atoms with Gasteiger partial charge in [-0.1, -0.05) is 49.2 Å². The predicted octanol–water partition coefficient (Wildman–Crippen LogP) is 9.86. The van der Waals surface area contributed by atoms with E-state index in [-0.39, 0.29) is 60.7 Å². The number of benzene rings is 4. The zero-order chi connectivity index (χ0) is 43.3. The average Bonchev–Trinajstić information content (AvgIpc) is 3.83. The molecule has 9 nitrogen and oxygen atoms in total. The molecule has 0 bridgehead atoms. The molecule has 1 saturated carbocycles. The molecule has 0 spiro atoms. The SMILES string of the molecule is CCCCn1cnc2c(F)c(Cc3ccc(C)cc3Cl)c(C(=O)COCC3CC3)cc21.Cc1ccc(Cc2c(C(=O)COC(C)(C)CO)cc3c(ncn3C)c2F)c(F)c1. The number of ketones is 2. The van der Waals surface area contributed by atoms with Gasteiger partial charge in [0.15, 0.2) is 23.2 Å². The molecule has 60 heavy (non-hydrogen) atoms. The van der Waals surface area contributed by atoms with E-state index in [1.165, 1.54) is 12.4 Å². The Morgan fingerprint density at radius 1 is 0.850 bits per heavy atom. The minimum Gasteiger partial charge on any atom is -0.393 e. The molecule has 13 heteroatoms. The number of aliphatic hydroxyl groups excluding tert-OH is 1. The maximum atomic E-state index is 15.7. The summed E-state index contributed by atoms with van der Waals surface area (Å²) in [4.78, 5) is 34.4. The summed E-state index contributed by atoms with van der Waals surface area (Å²) in [7, 11) is 1.70. The highest BCUT2D eigenvalue weighted by molar-refractivity contribution is 6.31. The molecular weight excluding hydrogens is 793 g/mol. The molecule has 6 aromatic rings. The van der Waals surface area contributed by atoms with Gasteiger partial charge in [-0.25, -0.2) is 23.1 Å². The zero-order valence-electron chi connectivity index (χ0n) is 35.0. The fourth-order valence-electron chi connectivity index (χ4n) is 6.85. The molecule has 0 unspecified atom stereocenters. The van der Waals surface area contributed by atoms with Crippen LogP contribution in [0.5, 0.6) is 0 Å². The van der Waals surface area contributed by atoms with Crippen molar-refractivity contribution in [3.8, 4) is 0 Å². The number of aromatic nitrogens is 4. The van der Waals surface area contributed by atoms with Crippen molar-refractivity contribution in [1.29, 1.82) is 0 Å². The van der Waals surface area contributed by atoms with Crippen LogP contribution in [0.1, 0.15) is 101 Å². The lowest BCUT2D eigenvalue weighted by Gasteiger charge is -2.22. The first-order valence-electron chi connectivity index (χ1n) is 20.3. The number of aryl methyl sites for hydroxylation is 4. The third-order valence-corrected chi connectivity index (χ3v) is 11.1. The van der Waals surface area contributed by atoms with Gasteiger partial charge in [-0.2, -0.15) is 0 Å². The summed E-state index contributed by atoms with van der Waals surface area (Å²) >= 11 is 6.42. The van der Waals surface area contributed by atoms with Gasteiger partial charge in [0.25, 0.3) is 0 Å². The van der Waals surface area contributed by atoms with Gasteiger partial charge in [-0.3, -0.25) is 9.59 Å². The van der Waals surface area contributed by atoms with Gasteiger partial charge >= 0.3 is 0 Å². The molecule has 2 heterocycles. The minimum atomic E-state index is -0.909. The number of Topliss-reactive ketones (excluding diaryl/α,β-unsaturated/α-hetero) is 2. The molecule has 1 N–H and O–H groups in total. The number of aliphatic hydroxyl groups is 1. The summed E-state index contributed by atoms with van der Waals surface area (Å²) in [5.74, 6) is -1.64. The van der Waals surface area contributed by atoms with E-state index >= 15 is 8.78 Å². The van der Waals surface area contributed by atoms with Crippen LogP contribution in [0.4, 0.5) is 13.2 Å². The van der Waals surface area contributed by atoms with Crippen molar-refractivity contribution in [2.45, 2.75) is 85.3 Å². The van der Waals surface area contributed by atoms with Crippen molar-refractivity contribution >= 4 is 45.2 Å². The number of ether oxygens (including phenoxy) is 2. The number of halogens is 4. The van der Waals surface area contributed by atoms with E-state index in [4.69, 9.17) is 21.1 Å². The Labute approximate surface area is 353 Å². The largest absolute Gasteiger partial charge is 0.393 e. The van der Waals surface area contributed by atoms with Crippen LogP contribution in [-0.2, 0) is 35.9 Å². The maximum absolute atomic E-state index is 15.7. The molecule has 0 aliphatic heterocycles. The topological polar surface area (TPSA) is 108 Å². The average molecular weight is 845 g/mol. The number of hydrogen-bond acceptors (Lipinski definition) is 7. The molecule has 0 amide bonds. The first-order chi connectivity index (χ1) is 28.6. The van der Waals surface area contributed by atoms with E-state index < -0.39 is 28.8 Å². The summed E-state index contributed by atoms with van der Waals surface area (Å²) in [6.45, 7) is 9.80. The van der Waals surface area contributed by atoms with Crippen LogP contribution in [0.2, 0.25) is 5.02 Å². The smallest absolute Gasteiger partial charge is 0.188 e. The van der Waals surface area contributed by atoms with Crippen molar-refractivity contribution in [3.63, 3.8) is 0 Å². The van der Waals surface area contributed by atoms with Gasteiger partial charge in [0, 0.05) is 53.7 Å². The van der Waals surface area contributed by atoms with E-state index in [0.29, 0.717) is 45.2 Å². The van der Waals surface area contributed by atoms with Gasteiger partial charge in [0.2, 0.25) is 0 Å². The molecule has 7 rings (SSSR count). The number of hydrogen-bond donors (Lipinski definition) is 1. The minimum absolute atomic E-state index is 0.0425. The van der Waals surface area contributed by atoms with Gasteiger partial charge < -0.3 is 23.7 Å². The van der Waals surface area contributed by atoms with E-state index in [0.717, 1.165) is 48.9 Å². The summed E-state index contributed by atoms with van der Waals surface area (Å²) in [5, 5.41) is 9.89. The fourth-order valence-corrected chi connectivity index (χ4v) is 7.15. The highest BCUT2D eigenvalue weighted by Crippen LogP contribution is 2.32. The molecule has 4 aromatic carbocycles. The summed E-state index contributed by atoms with van der Waals surface area (Å²) < 4.78 is 60.0.